The van der Waals surface area contributed by atoms with E-state index in [4.69, 9.17) is 11.6 Å². The molecule has 0 spiro atoms. The SMILES string of the molecule is Fc1ccc(-c2cnn(Cc3ccccc3Cl)c2)cc1. The van der Waals surface area contributed by atoms with Gasteiger partial charge in [0.2, 0.25) is 0 Å². The second-order valence-corrected chi connectivity index (χ2v) is 4.93. The summed E-state index contributed by atoms with van der Waals surface area (Å²) in [5, 5.41) is 5.04. The van der Waals surface area contributed by atoms with Crippen LogP contribution in [0.4, 0.5) is 4.39 Å². The average molecular weight is 287 g/mol. The lowest BCUT2D eigenvalue weighted by atomic mass is 10.1. The quantitative estimate of drug-likeness (QED) is 0.698. The number of nitrogens with zero attached hydrogens (tertiary/aromatic N) is 2. The molecule has 0 N–H and O–H groups in total. The Morgan fingerprint density at radius 2 is 1.75 bits per heavy atom. The number of aromatic nitrogens is 2. The molecule has 100 valence electrons. The molecule has 1 heterocycles. The third-order valence-electron chi connectivity index (χ3n) is 3.10. The largest absolute Gasteiger partial charge is 0.268 e. The Morgan fingerprint density at radius 3 is 2.50 bits per heavy atom. The Balaban J connectivity index is 1.84. The van der Waals surface area contributed by atoms with Gasteiger partial charge in [-0.1, -0.05) is 41.9 Å². The van der Waals surface area contributed by atoms with Crippen molar-refractivity contribution in [1.82, 2.24) is 9.78 Å². The number of hydrogen-bond acceptors (Lipinski definition) is 1. The van der Waals surface area contributed by atoms with Crippen LogP contribution >= 0.6 is 11.6 Å². The van der Waals surface area contributed by atoms with E-state index in [0.29, 0.717) is 6.54 Å². The minimum Gasteiger partial charge on any atom is -0.268 e. The van der Waals surface area contributed by atoms with Gasteiger partial charge in [-0.3, -0.25) is 4.68 Å². The van der Waals surface area contributed by atoms with Crippen molar-refractivity contribution in [1.29, 1.82) is 0 Å². The molecule has 2 nitrogen and oxygen atoms in total. The number of benzene rings is 2. The first-order valence-electron chi connectivity index (χ1n) is 6.24. The van der Waals surface area contributed by atoms with Gasteiger partial charge in [-0.05, 0) is 29.3 Å². The van der Waals surface area contributed by atoms with Gasteiger partial charge < -0.3 is 0 Å². The lowest BCUT2D eigenvalue weighted by molar-refractivity contribution is 0.628. The Labute approximate surface area is 121 Å². The topological polar surface area (TPSA) is 17.8 Å². The molecule has 0 aliphatic rings. The van der Waals surface area contributed by atoms with Gasteiger partial charge in [0.1, 0.15) is 5.82 Å². The molecule has 0 amide bonds. The molecule has 0 aliphatic carbocycles. The van der Waals surface area contributed by atoms with Crippen molar-refractivity contribution in [2.24, 2.45) is 0 Å². The molecule has 0 radical (unpaired) electrons. The van der Waals surface area contributed by atoms with Crippen LogP contribution in [0.3, 0.4) is 0 Å². The standard InChI is InChI=1S/C16H12ClFN2/c17-16-4-2-1-3-13(16)10-20-11-14(9-19-20)12-5-7-15(18)8-6-12/h1-9,11H,10H2. The summed E-state index contributed by atoms with van der Waals surface area (Å²) in [5.41, 5.74) is 2.91. The molecule has 3 rings (SSSR count). The van der Waals surface area contributed by atoms with Crippen LogP contribution in [-0.2, 0) is 6.54 Å². The first-order valence-corrected chi connectivity index (χ1v) is 6.62. The zero-order valence-electron chi connectivity index (χ0n) is 10.6. The fourth-order valence-corrected chi connectivity index (χ4v) is 2.24. The highest BCUT2D eigenvalue weighted by Crippen LogP contribution is 2.20. The zero-order chi connectivity index (χ0) is 13.9. The van der Waals surface area contributed by atoms with Crippen molar-refractivity contribution in [3.8, 4) is 11.1 Å². The monoisotopic (exact) mass is 286 g/mol. The maximum Gasteiger partial charge on any atom is 0.123 e. The average Bonchev–Trinajstić information content (AvgIpc) is 2.91. The van der Waals surface area contributed by atoms with Crippen LogP contribution in [0.2, 0.25) is 5.02 Å². The summed E-state index contributed by atoms with van der Waals surface area (Å²) in [7, 11) is 0. The van der Waals surface area contributed by atoms with E-state index in [9.17, 15) is 4.39 Å². The maximum atomic E-state index is 12.9. The van der Waals surface area contributed by atoms with Crippen LogP contribution in [0, 0.1) is 5.82 Å². The van der Waals surface area contributed by atoms with Crippen LogP contribution in [0.1, 0.15) is 5.56 Å². The summed E-state index contributed by atoms with van der Waals surface area (Å²) in [5.74, 6) is -0.239. The molecule has 20 heavy (non-hydrogen) atoms. The molecule has 0 aliphatic heterocycles. The van der Waals surface area contributed by atoms with Gasteiger partial charge in [0.05, 0.1) is 12.7 Å². The van der Waals surface area contributed by atoms with Crippen LogP contribution in [0.25, 0.3) is 11.1 Å². The minimum absolute atomic E-state index is 0.239. The summed E-state index contributed by atoms with van der Waals surface area (Å²) in [6.07, 6.45) is 3.70. The normalized spacial score (nSPS) is 10.7. The van der Waals surface area contributed by atoms with Crippen LogP contribution in [-0.4, -0.2) is 9.78 Å². The second kappa shape index (κ2) is 5.47. The van der Waals surface area contributed by atoms with Gasteiger partial charge >= 0.3 is 0 Å². The predicted molar refractivity (Wildman–Crippen MR) is 78.2 cm³/mol. The van der Waals surface area contributed by atoms with E-state index < -0.39 is 0 Å². The third-order valence-corrected chi connectivity index (χ3v) is 3.47. The van der Waals surface area contributed by atoms with E-state index in [0.717, 1.165) is 21.7 Å². The molecule has 0 atom stereocenters. The van der Waals surface area contributed by atoms with Crippen LogP contribution in [0.5, 0.6) is 0 Å². The highest BCUT2D eigenvalue weighted by atomic mass is 35.5. The minimum atomic E-state index is -0.239. The van der Waals surface area contributed by atoms with Crippen molar-refractivity contribution in [2.75, 3.05) is 0 Å². The Kier molecular flexibility index (Phi) is 3.52. The molecule has 0 fully saturated rings. The van der Waals surface area contributed by atoms with Gasteiger partial charge in [0, 0.05) is 16.8 Å². The van der Waals surface area contributed by atoms with Crippen molar-refractivity contribution in [3.05, 3.63) is 77.3 Å². The molecule has 2 aromatic carbocycles. The van der Waals surface area contributed by atoms with Crippen molar-refractivity contribution in [2.45, 2.75) is 6.54 Å². The molecule has 0 saturated carbocycles. The molecule has 1 aromatic heterocycles. The smallest absolute Gasteiger partial charge is 0.123 e. The Bertz CT molecular complexity index is 719. The molecule has 3 aromatic rings. The van der Waals surface area contributed by atoms with Gasteiger partial charge in [0.15, 0.2) is 0 Å². The molecular weight excluding hydrogens is 275 g/mol. The number of halogens is 2. The van der Waals surface area contributed by atoms with Crippen LogP contribution < -0.4 is 0 Å². The maximum absolute atomic E-state index is 12.9. The molecular formula is C16H12ClFN2. The molecule has 4 heteroatoms. The number of rotatable bonds is 3. The number of hydrogen-bond donors (Lipinski definition) is 0. The highest BCUT2D eigenvalue weighted by molar-refractivity contribution is 6.31. The van der Waals surface area contributed by atoms with Crippen molar-refractivity contribution in [3.63, 3.8) is 0 Å². The predicted octanol–water partition coefficient (Wildman–Crippen LogP) is 4.39. The highest BCUT2D eigenvalue weighted by Gasteiger charge is 2.04. The fraction of sp³-hybridized carbons (Fsp3) is 0.0625. The molecule has 0 bridgehead atoms. The van der Waals surface area contributed by atoms with E-state index >= 15 is 0 Å². The molecule has 0 unspecified atom stereocenters. The van der Waals surface area contributed by atoms with Crippen molar-refractivity contribution < 1.29 is 4.39 Å². The Hall–Kier alpha value is -2.13. The lowest BCUT2D eigenvalue weighted by Crippen LogP contribution is -2.00. The van der Waals surface area contributed by atoms with Crippen molar-refractivity contribution >= 4 is 11.6 Å². The lowest BCUT2D eigenvalue weighted by Gasteiger charge is -2.03. The second-order valence-electron chi connectivity index (χ2n) is 4.52. The fourth-order valence-electron chi connectivity index (χ4n) is 2.04. The summed E-state index contributed by atoms with van der Waals surface area (Å²) >= 11 is 6.13. The first kappa shape index (κ1) is 12.9. The first-order chi connectivity index (χ1) is 9.72. The summed E-state index contributed by atoms with van der Waals surface area (Å²) in [4.78, 5) is 0. The molecule has 0 saturated heterocycles. The van der Waals surface area contributed by atoms with E-state index in [1.54, 1.807) is 18.3 Å². The van der Waals surface area contributed by atoms with E-state index in [-0.39, 0.29) is 5.82 Å². The van der Waals surface area contributed by atoms with Gasteiger partial charge in [-0.2, -0.15) is 5.10 Å². The summed E-state index contributed by atoms with van der Waals surface area (Å²) in [6.45, 7) is 0.612. The van der Waals surface area contributed by atoms with E-state index in [1.165, 1.54) is 12.1 Å². The van der Waals surface area contributed by atoms with Gasteiger partial charge in [-0.25, -0.2) is 4.39 Å². The van der Waals surface area contributed by atoms with E-state index in [2.05, 4.69) is 5.10 Å². The van der Waals surface area contributed by atoms with Gasteiger partial charge in [-0.15, -0.1) is 0 Å². The third kappa shape index (κ3) is 2.73. The summed E-state index contributed by atoms with van der Waals surface area (Å²) in [6, 6.07) is 14.1. The van der Waals surface area contributed by atoms with E-state index in [1.807, 2.05) is 35.1 Å². The van der Waals surface area contributed by atoms with Gasteiger partial charge in [0.25, 0.3) is 0 Å². The summed E-state index contributed by atoms with van der Waals surface area (Å²) < 4.78 is 14.7. The zero-order valence-corrected chi connectivity index (χ0v) is 11.4. The Morgan fingerprint density at radius 1 is 1.00 bits per heavy atom. The van der Waals surface area contributed by atoms with Crippen LogP contribution in [0.15, 0.2) is 60.9 Å².